The average molecular weight is 245 g/mol. The summed E-state index contributed by atoms with van der Waals surface area (Å²) in [7, 11) is 0. The van der Waals surface area contributed by atoms with Crippen molar-refractivity contribution in [3.63, 3.8) is 0 Å². The van der Waals surface area contributed by atoms with E-state index in [1.807, 2.05) is 24.3 Å². The maximum Gasteiger partial charge on any atom is 0.255 e. The standard InChI is InChI=1S/C8H9NO2.C6H6O/c9-8(10)6-11-7-4-2-1-3-5-7;7-6-4-2-1-3-5-6/h1-5H,6H2,(H2,9,10);1-5,7H. The van der Waals surface area contributed by atoms with Crippen LogP contribution in [0.3, 0.4) is 0 Å². The Morgan fingerprint density at radius 2 is 1.50 bits per heavy atom. The van der Waals surface area contributed by atoms with Gasteiger partial charge in [-0.25, -0.2) is 0 Å². The number of hydrogen-bond donors (Lipinski definition) is 2. The van der Waals surface area contributed by atoms with Gasteiger partial charge in [0.2, 0.25) is 0 Å². The molecule has 0 aromatic heterocycles. The van der Waals surface area contributed by atoms with E-state index in [1.54, 1.807) is 36.4 Å². The third-order valence-corrected chi connectivity index (χ3v) is 1.88. The number of hydrogen-bond acceptors (Lipinski definition) is 3. The molecule has 2 aromatic carbocycles. The van der Waals surface area contributed by atoms with Crippen molar-refractivity contribution in [2.45, 2.75) is 0 Å². The Hall–Kier alpha value is -2.49. The van der Waals surface area contributed by atoms with E-state index < -0.39 is 5.91 Å². The Labute approximate surface area is 106 Å². The van der Waals surface area contributed by atoms with Gasteiger partial charge in [0, 0.05) is 0 Å². The molecule has 0 aliphatic heterocycles. The smallest absolute Gasteiger partial charge is 0.255 e. The molecule has 4 heteroatoms. The minimum Gasteiger partial charge on any atom is -0.508 e. The summed E-state index contributed by atoms with van der Waals surface area (Å²) in [6.07, 6.45) is 0. The fourth-order valence-corrected chi connectivity index (χ4v) is 1.10. The zero-order chi connectivity index (χ0) is 13.2. The number of carbonyl (C=O) groups excluding carboxylic acids is 1. The fraction of sp³-hybridized carbons (Fsp3) is 0.0714. The van der Waals surface area contributed by atoms with Gasteiger partial charge in [0.25, 0.3) is 5.91 Å². The first kappa shape index (κ1) is 13.6. The molecule has 4 nitrogen and oxygen atoms in total. The number of rotatable bonds is 3. The van der Waals surface area contributed by atoms with Crippen molar-refractivity contribution in [2.24, 2.45) is 5.73 Å². The Bertz CT molecular complexity index is 457. The van der Waals surface area contributed by atoms with Crippen LogP contribution in [0.15, 0.2) is 60.7 Å². The maximum absolute atomic E-state index is 10.3. The molecule has 94 valence electrons. The van der Waals surface area contributed by atoms with Crippen molar-refractivity contribution in [1.29, 1.82) is 0 Å². The number of nitrogens with two attached hydrogens (primary N) is 1. The van der Waals surface area contributed by atoms with E-state index in [-0.39, 0.29) is 6.61 Å². The summed E-state index contributed by atoms with van der Waals surface area (Å²) in [5.74, 6) is 0.516. The molecule has 0 atom stereocenters. The van der Waals surface area contributed by atoms with Gasteiger partial charge in [0.05, 0.1) is 0 Å². The number of carbonyl (C=O) groups is 1. The zero-order valence-electron chi connectivity index (χ0n) is 9.82. The topological polar surface area (TPSA) is 72.6 Å². The molecule has 0 fully saturated rings. The van der Waals surface area contributed by atoms with Crippen molar-refractivity contribution in [1.82, 2.24) is 0 Å². The Balaban J connectivity index is 0.000000199. The summed E-state index contributed by atoms with van der Waals surface area (Å²) in [4.78, 5) is 10.3. The van der Waals surface area contributed by atoms with E-state index in [9.17, 15) is 4.79 Å². The van der Waals surface area contributed by atoms with E-state index in [1.165, 1.54) is 0 Å². The van der Waals surface area contributed by atoms with Gasteiger partial charge in [-0.1, -0.05) is 36.4 Å². The summed E-state index contributed by atoms with van der Waals surface area (Å²) in [6, 6.07) is 17.8. The van der Waals surface area contributed by atoms with E-state index in [4.69, 9.17) is 15.6 Å². The molecule has 2 rings (SSSR count). The van der Waals surface area contributed by atoms with Crippen LogP contribution in [0.1, 0.15) is 0 Å². The van der Waals surface area contributed by atoms with Crippen molar-refractivity contribution >= 4 is 5.91 Å². The third-order valence-electron chi connectivity index (χ3n) is 1.88. The zero-order valence-corrected chi connectivity index (χ0v) is 9.82. The van der Waals surface area contributed by atoms with Crippen LogP contribution in [0.2, 0.25) is 0 Å². The first-order valence-corrected chi connectivity index (χ1v) is 5.38. The largest absolute Gasteiger partial charge is 0.508 e. The van der Waals surface area contributed by atoms with Crippen LogP contribution in [0.25, 0.3) is 0 Å². The number of phenolic OH excluding ortho intramolecular Hbond substituents is 1. The highest BCUT2D eigenvalue weighted by atomic mass is 16.5. The Morgan fingerprint density at radius 3 is 1.89 bits per heavy atom. The van der Waals surface area contributed by atoms with Gasteiger partial charge in [-0.15, -0.1) is 0 Å². The van der Waals surface area contributed by atoms with Crippen LogP contribution in [0.5, 0.6) is 11.5 Å². The Morgan fingerprint density at radius 1 is 1.00 bits per heavy atom. The van der Waals surface area contributed by atoms with Crippen LogP contribution >= 0.6 is 0 Å². The van der Waals surface area contributed by atoms with Gasteiger partial charge >= 0.3 is 0 Å². The lowest BCUT2D eigenvalue weighted by molar-refractivity contribution is -0.119. The average Bonchev–Trinajstić information content (AvgIpc) is 2.39. The predicted molar refractivity (Wildman–Crippen MR) is 69.2 cm³/mol. The van der Waals surface area contributed by atoms with Gasteiger partial charge in [-0.2, -0.15) is 0 Å². The van der Waals surface area contributed by atoms with Gasteiger partial charge in [0.15, 0.2) is 6.61 Å². The minimum absolute atomic E-state index is 0.0655. The highest BCUT2D eigenvalue weighted by Gasteiger charge is 1.94. The van der Waals surface area contributed by atoms with Crippen LogP contribution in [0, 0.1) is 0 Å². The first-order valence-electron chi connectivity index (χ1n) is 5.38. The second kappa shape index (κ2) is 7.73. The van der Waals surface area contributed by atoms with E-state index >= 15 is 0 Å². The lowest BCUT2D eigenvalue weighted by atomic mass is 10.3. The summed E-state index contributed by atoms with van der Waals surface area (Å²) >= 11 is 0. The lowest BCUT2D eigenvalue weighted by Crippen LogP contribution is -2.19. The van der Waals surface area contributed by atoms with Gasteiger partial charge < -0.3 is 15.6 Å². The van der Waals surface area contributed by atoms with Gasteiger partial charge in [-0.3, -0.25) is 4.79 Å². The second-order valence-corrected chi connectivity index (χ2v) is 3.40. The van der Waals surface area contributed by atoms with Crippen molar-refractivity contribution in [3.05, 3.63) is 60.7 Å². The fourth-order valence-electron chi connectivity index (χ4n) is 1.10. The van der Waals surface area contributed by atoms with Crippen LogP contribution in [0.4, 0.5) is 0 Å². The SMILES string of the molecule is NC(=O)COc1ccccc1.Oc1ccccc1. The number of benzene rings is 2. The minimum atomic E-state index is -0.464. The third kappa shape index (κ3) is 6.17. The molecule has 0 aliphatic carbocycles. The molecule has 18 heavy (non-hydrogen) atoms. The number of aromatic hydroxyl groups is 1. The second-order valence-electron chi connectivity index (χ2n) is 3.40. The highest BCUT2D eigenvalue weighted by molar-refractivity contribution is 5.75. The van der Waals surface area contributed by atoms with E-state index in [0.717, 1.165) is 0 Å². The number of ether oxygens (including phenoxy) is 1. The number of phenols is 1. The van der Waals surface area contributed by atoms with Crippen molar-refractivity contribution < 1.29 is 14.6 Å². The van der Waals surface area contributed by atoms with E-state index in [0.29, 0.717) is 11.5 Å². The molecule has 3 N–H and O–H groups in total. The lowest BCUT2D eigenvalue weighted by Gasteiger charge is -2.00. The van der Waals surface area contributed by atoms with Crippen molar-refractivity contribution in [3.8, 4) is 11.5 Å². The molecule has 0 spiro atoms. The molecule has 2 aromatic rings. The van der Waals surface area contributed by atoms with Crippen molar-refractivity contribution in [2.75, 3.05) is 6.61 Å². The molecule has 0 saturated carbocycles. The Kier molecular flexibility index (Phi) is 5.83. The van der Waals surface area contributed by atoms with Gasteiger partial charge in [-0.05, 0) is 24.3 Å². The quantitative estimate of drug-likeness (QED) is 0.868. The molecular formula is C14H15NO3. The molecule has 0 aliphatic rings. The number of primary amides is 1. The molecular weight excluding hydrogens is 230 g/mol. The van der Waals surface area contributed by atoms with E-state index in [2.05, 4.69) is 0 Å². The molecule has 0 saturated heterocycles. The molecule has 0 heterocycles. The number of para-hydroxylation sites is 2. The molecule has 0 radical (unpaired) electrons. The summed E-state index contributed by atoms with van der Waals surface area (Å²) in [5, 5.41) is 8.63. The van der Waals surface area contributed by atoms with Crippen LogP contribution in [-0.2, 0) is 4.79 Å². The monoisotopic (exact) mass is 245 g/mol. The van der Waals surface area contributed by atoms with Crippen LogP contribution < -0.4 is 10.5 Å². The predicted octanol–water partition coefficient (Wildman–Crippen LogP) is 1.94. The first-order chi connectivity index (χ1) is 8.68. The van der Waals surface area contributed by atoms with Gasteiger partial charge in [0.1, 0.15) is 11.5 Å². The maximum atomic E-state index is 10.3. The normalized spacial score (nSPS) is 8.89. The molecule has 1 amide bonds. The molecule has 0 unspecified atom stereocenters. The summed E-state index contributed by atoms with van der Waals surface area (Å²) < 4.78 is 4.99. The molecule has 0 bridgehead atoms. The highest BCUT2D eigenvalue weighted by Crippen LogP contribution is 2.07. The summed E-state index contributed by atoms with van der Waals surface area (Å²) in [6.45, 7) is -0.0655. The number of amides is 1. The summed E-state index contributed by atoms with van der Waals surface area (Å²) in [5.41, 5.74) is 4.88. The van der Waals surface area contributed by atoms with Crippen LogP contribution in [-0.4, -0.2) is 17.6 Å².